The van der Waals surface area contributed by atoms with Crippen molar-refractivity contribution >= 4 is 16.3 Å². The molecule has 0 amide bonds. The Labute approximate surface area is 122 Å². The molecule has 0 unspecified atom stereocenters. The van der Waals surface area contributed by atoms with Gasteiger partial charge < -0.3 is 4.42 Å². The van der Waals surface area contributed by atoms with E-state index in [1.807, 2.05) is 19.1 Å². The fourth-order valence-electron chi connectivity index (χ4n) is 2.04. The van der Waals surface area contributed by atoms with Gasteiger partial charge in [-0.3, -0.25) is 0 Å². The SMILES string of the molecule is Cc1nnc2sc(-c3ccc(-c4ccc(F)cc4)o3)nn12. The van der Waals surface area contributed by atoms with Crippen LogP contribution in [0.5, 0.6) is 0 Å². The number of nitrogens with zero attached hydrogens (tertiary/aromatic N) is 4. The van der Waals surface area contributed by atoms with Crippen LogP contribution in [0.4, 0.5) is 4.39 Å². The third kappa shape index (κ3) is 2.02. The van der Waals surface area contributed by atoms with E-state index in [0.717, 1.165) is 21.4 Å². The van der Waals surface area contributed by atoms with Crippen molar-refractivity contribution in [2.75, 3.05) is 0 Å². The van der Waals surface area contributed by atoms with Gasteiger partial charge in [0.25, 0.3) is 0 Å². The van der Waals surface area contributed by atoms with Crippen LogP contribution in [0.2, 0.25) is 0 Å². The summed E-state index contributed by atoms with van der Waals surface area (Å²) < 4.78 is 20.4. The summed E-state index contributed by atoms with van der Waals surface area (Å²) in [4.78, 5) is 0.724. The van der Waals surface area contributed by atoms with Crippen molar-refractivity contribution in [3.63, 3.8) is 0 Å². The molecular formula is C14H9FN4OS. The minimum Gasteiger partial charge on any atom is -0.454 e. The summed E-state index contributed by atoms with van der Waals surface area (Å²) in [5, 5.41) is 13.1. The van der Waals surface area contributed by atoms with Gasteiger partial charge in [0.05, 0.1) is 0 Å². The molecular weight excluding hydrogens is 291 g/mol. The Morgan fingerprint density at radius 3 is 2.57 bits per heavy atom. The van der Waals surface area contributed by atoms with E-state index in [4.69, 9.17) is 4.42 Å². The Balaban J connectivity index is 1.74. The number of benzene rings is 1. The first-order chi connectivity index (χ1) is 10.2. The van der Waals surface area contributed by atoms with Crippen molar-refractivity contribution in [2.45, 2.75) is 6.92 Å². The first kappa shape index (κ1) is 12.2. The molecule has 0 aliphatic carbocycles. The predicted molar refractivity (Wildman–Crippen MR) is 76.5 cm³/mol. The number of rotatable bonds is 2. The number of aromatic nitrogens is 4. The normalized spacial score (nSPS) is 11.3. The first-order valence-electron chi connectivity index (χ1n) is 6.26. The Kier molecular flexibility index (Phi) is 2.61. The number of fused-ring (bicyclic) bond motifs is 1. The Morgan fingerprint density at radius 2 is 1.81 bits per heavy atom. The first-order valence-corrected chi connectivity index (χ1v) is 7.07. The van der Waals surface area contributed by atoms with Crippen LogP contribution in [0.15, 0.2) is 40.8 Å². The van der Waals surface area contributed by atoms with Gasteiger partial charge in [0.2, 0.25) is 4.96 Å². The van der Waals surface area contributed by atoms with Crippen LogP contribution < -0.4 is 0 Å². The maximum Gasteiger partial charge on any atom is 0.235 e. The Morgan fingerprint density at radius 1 is 1.05 bits per heavy atom. The second-order valence-electron chi connectivity index (χ2n) is 4.52. The average molecular weight is 300 g/mol. The molecule has 104 valence electrons. The van der Waals surface area contributed by atoms with E-state index >= 15 is 0 Å². The minimum absolute atomic E-state index is 0.269. The standard InChI is InChI=1S/C14H9FN4OS/c1-8-16-17-14-19(8)18-13(21-14)12-7-6-11(20-12)9-2-4-10(15)5-3-9/h2-7H,1H3. The van der Waals surface area contributed by atoms with Crippen LogP contribution in [0.1, 0.15) is 5.82 Å². The van der Waals surface area contributed by atoms with Crippen LogP contribution in [-0.4, -0.2) is 19.8 Å². The minimum atomic E-state index is -0.269. The highest BCUT2D eigenvalue weighted by Gasteiger charge is 2.14. The summed E-state index contributed by atoms with van der Waals surface area (Å²) >= 11 is 1.41. The quantitative estimate of drug-likeness (QED) is 0.568. The lowest BCUT2D eigenvalue weighted by atomic mass is 10.2. The summed E-state index contributed by atoms with van der Waals surface area (Å²) in [5.74, 6) is 1.80. The van der Waals surface area contributed by atoms with Crippen molar-refractivity contribution in [3.8, 4) is 22.1 Å². The number of furan rings is 1. The maximum absolute atomic E-state index is 12.9. The van der Waals surface area contributed by atoms with Crippen molar-refractivity contribution in [2.24, 2.45) is 0 Å². The number of halogens is 1. The van der Waals surface area contributed by atoms with Gasteiger partial charge in [-0.15, -0.1) is 15.3 Å². The fourth-order valence-corrected chi connectivity index (χ4v) is 2.88. The third-order valence-electron chi connectivity index (χ3n) is 3.09. The van der Waals surface area contributed by atoms with Crippen molar-refractivity contribution in [1.29, 1.82) is 0 Å². The number of hydrogen-bond donors (Lipinski definition) is 0. The number of aryl methyl sites for hydroxylation is 1. The fraction of sp³-hybridized carbons (Fsp3) is 0.0714. The molecule has 4 rings (SSSR count). The average Bonchev–Trinajstić information content (AvgIpc) is 3.17. The third-order valence-corrected chi connectivity index (χ3v) is 4.01. The monoisotopic (exact) mass is 300 g/mol. The van der Waals surface area contributed by atoms with Crippen molar-refractivity contribution in [1.82, 2.24) is 19.8 Å². The van der Waals surface area contributed by atoms with Crippen LogP contribution in [0, 0.1) is 12.7 Å². The molecule has 0 aliphatic rings. The van der Waals surface area contributed by atoms with E-state index in [0.29, 0.717) is 11.5 Å². The summed E-state index contributed by atoms with van der Waals surface area (Å²) in [6, 6.07) is 9.87. The van der Waals surface area contributed by atoms with Gasteiger partial charge in [-0.2, -0.15) is 4.52 Å². The lowest BCUT2D eigenvalue weighted by molar-refractivity contribution is 0.594. The molecule has 21 heavy (non-hydrogen) atoms. The summed E-state index contributed by atoms with van der Waals surface area (Å²) in [6.07, 6.45) is 0. The predicted octanol–water partition coefficient (Wildman–Crippen LogP) is 3.56. The highest BCUT2D eigenvalue weighted by molar-refractivity contribution is 7.19. The molecule has 0 N–H and O–H groups in total. The second kappa shape index (κ2) is 4.49. The molecule has 0 bridgehead atoms. The van der Waals surface area contributed by atoms with E-state index in [2.05, 4.69) is 15.3 Å². The van der Waals surface area contributed by atoms with Crippen LogP contribution in [0.25, 0.3) is 27.1 Å². The summed E-state index contributed by atoms with van der Waals surface area (Å²) in [5.41, 5.74) is 0.821. The molecule has 5 nitrogen and oxygen atoms in total. The largest absolute Gasteiger partial charge is 0.454 e. The molecule has 3 aromatic heterocycles. The molecule has 7 heteroatoms. The van der Waals surface area contributed by atoms with Gasteiger partial charge in [0.1, 0.15) is 11.6 Å². The van der Waals surface area contributed by atoms with Gasteiger partial charge in [-0.05, 0) is 43.3 Å². The molecule has 0 spiro atoms. The van der Waals surface area contributed by atoms with Gasteiger partial charge in [-0.1, -0.05) is 11.3 Å². The second-order valence-corrected chi connectivity index (χ2v) is 5.48. The van der Waals surface area contributed by atoms with Gasteiger partial charge in [0.15, 0.2) is 16.6 Å². The summed E-state index contributed by atoms with van der Waals surface area (Å²) in [6.45, 7) is 1.84. The zero-order valence-corrected chi connectivity index (χ0v) is 11.8. The molecule has 0 aliphatic heterocycles. The Bertz CT molecular complexity index is 922. The van der Waals surface area contributed by atoms with E-state index in [1.54, 1.807) is 16.6 Å². The molecule has 3 heterocycles. The van der Waals surface area contributed by atoms with Gasteiger partial charge in [0, 0.05) is 5.56 Å². The van der Waals surface area contributed by atoms with E-state index in [1.165, 1.54) is 23.5 Å². The molecule has 0 atom stereocenters. The smallest absolute Gasteiger partial charge is 0.235 e. The topological polar surface area (TPSA) is 56.2 Å². The molecule has 1 aromatic carbocycles. The van der Waals surface area contributed by atoms with E-state index < -0.39 is 0 Å². The number of hydrogen-bond acceptors (Lipinski definition) is 5. The zero-order valence-electron chi connectivity index (χ0n) is 10.9. The molecule has 0 saturated carbocycles. The van der Waals surface area contributed by atoms with Gasteiger partial charge >= 0.3 is 0 Å². The van der Waals surface area contributed by atoms with Crippen molar-refractivity contribution < 1.29 is 8.81 Å². The van der Waals surface area contributed by atoms with Crippen molar-refractivity contribution in [3.05, 3.63) is 48.0 Å². The van der Waals surface area contributed by atoms with E-state index in [9.17, 15) is 4.39 Å². The van der Waals surface area contributed by atoms with Crippen LogP contribution in [0.3, 0.4) is 0 Å². The van der Waals surface area contributed by atoms with Gasteiger partial charge in [-0.25, -0.2) is 4.39 Å². The highest BCUT2D eigenvalue weighted by Crippen LogP contribution is 2.31. The lowest BCUT2D eigenvalue weighted by Gasteiger charge is -1.96. The Hall–Kier alpha value is -2.54. The van der Waals surface area contributed by atoms with Crippen LogP contribution in [-0.2, 0) is 0 Å². The maximum atomic E-state index is 12.9. The zero-order chi connectivity index (χ0) is 14.4. The van der Waals surface area contributed by atoms with Crippen LogP contribution >= 0.6 is 11.3 Å². The highest BCUT2D eigenvalue weighted by atomic mass is 32.1. The molecule has 0 saturated heterocycles. The summed E-state index contributed by atoms with van der Waals surface area (Å²) in [7, 11) is 0. The lowest BCUT2D eigenvalue weighted by Crippen LogP contribution is -1.87. The molecule has 0 radical (unpaired) electrons. The molecule has 4 aromatic rings. The van der Waals surface area contributed by atoms with E-state index in [-0.39, 0.29) is 5.82 Å². The molecule has 0 fully saturated rings.